The summed E-state index contributed by atoms with van der Waals surface area (Å²) in [5.74, 6) is 0.0902. The van der Waals surface area contributed by atoms with Crippen LogP contribution in [0.25, 0.3) is 21.2 Å². The number of hydrogen-bond donors (Lipinski definition) is 0. The number of benzene rings is 3. The maximum atomic E-state index is 13.1. The second kappa shape index (κ2) is 6.06. The lowest BCUT2D eigenvalue weighted by atomic mass is 9.96. The van der Waals surface area contributed by atoms with Crippen LogP contribution in [0.2, 0.25) is 0 Å². The van der Waals surface area contributed by atoms with Gasteiger partial charge < -0.3 is 0 Å². The van der Waals surface area contributed by atoms with Crippen LogP contribution in [0.1, 0.15) is 20.8 Å². The lowest BCUT2D eigenvalue weighted by molar-refractivity contribution is 0.104. The summed E-state index contributed by atoms with van der Waals surface area (Å²) in [4.78, 5) is 13.9. The predicted molar refractivity (Wildman–Crippen MR) is 102 cm³/mol. The zero-order valence-electron chi connectivity index (χ0n) is 13.3. The van der Waals surface area contributed by atoms with Gasteiger partial charge in [-0.05, 0) is 35.6 Å². The van der Waals surface area contributed by atoms with E-state index in [2.05, 4.69) is 43.3 Å². The Morgan fingerprint density at radius 2 is 1.54 bits per heavy atom. The lowest BCUT2D eigenvalue weighted by Gasteiger charge is -2.08. The van der Waals surface area contributed by atoms with Crippen molar-refractivity contribution >= 4 is 27.2 Å². The number of carbonyl (C=O) groups is 1. The summed E-state index contributed by atoms with van der Waals surface area (Å²) >= 11 is 1.56. The van der Waals surface area contributed by atoms with E-state index in [1.807, 2.05) is 42.5 Å². The molecular formula is C22H16OS. The zero-order valence-corrected chi connectivity index (χ0v) is 14.1. The number of aryl methyl sites for hydroxylation is 1. The highest BCUT2D eigenvalue weighted by molar-refractivity contribution is 7.21. The first-order valence-electron chi connectivity index (χ1n) is 7.92. The van der Waals surface area contributed by atoms with Crippen molar-refractivity contribution in [3.63, 3.8) is 0 Å². The normalized spacial score (nSPS) is 10.9. The molecule has 0 spiro atoms. The highest BCUT2D eigenvalue weighted by Crippen LogP contribution is 2.31. The lowest BCUT2D eigenvalue weighted by Crippen LogP contribution is -2.01. The fourth-order valence-electron chi connectivity index (χ4n) is 2.89. The van der Waals surface area contributed by atoms with E-state index in [1.54, 1.807) is 11.3 Å². The maximum Gasteiger partial charge on any atom is 0.203 e. The Morgan fingerprint density at radius 1 is 0.833 bits per heavy atom. The molecule has 4 aromatic rings. The Bertz CT molecular complexity index is 992. The summed E-state index contributed by atoms with van der Waals surface area (Å²) < 4.78 is 1.15. The van der Waals surface area contributed by atoms with Crippen molar-refractivity contribution in [3.8, 4) is 11.1 Å². The van der Waals surface area contributed by atoms with Gasteiger partial charge in [0.25, 0.3) is 0 Å². The molecule has 0 amide bonds. The van der Waals surface area contributed by atoms with Gasteiger partial charge in [0.15, 0.2) is 0 Å². The van der Waals surface area contributed by atoms with Gasteiger partial charge in [-0.25, -0.2) is 0 Å². The van der Waals surface area contributed by atoms with E-state index in [9.17, 15) is 4.79 Å². The van der Waals surface area contributed by atoms with Crippen molar-refractivity contribution in [2.24, 2.45) is 0 Å². The molecule has 1 nitrogen and oxygen atoms in total. The largest absolute Gasteiger partial charge is 0.288 e. The van der Waals surface area contributed by atoms with Crippen molar-refractivity contribution in [2.75, 3.05) is 0 Å². The van der Waals surface area contributed by atoms with Crippen molar-refractivity contribution in [1.82, 2.24) is 0 Å². The van der Waals surface area contributed by atoms with E-state index in [0.29, 0.717) is 0 Å². The molecule has 3 aromatic carbocycles. The predicted octanol–water partition coefficient (Wildman–Crippen LogP) is 6.11. The van der Waals surface area contributed by atoms with Gasteiger partial charge in [0.05, 0.1) is 4.88 Å². The van der Waals surface area contributed by atoms with Gasteiger partial charge in [0.1, 0.15) is 0 Å². The topological polar surface area (TPSA) is 17.1 Å². The first kappa shape index (κ1) is 14.9. The molecule has 0 saturated heterocycles. The summed E-state index contributed by atoms with van der Waals surface area (Å²) in [5, 5.41) is 1.12. The van der Waals surface area contributed by atoms with E-state index in [4.69, 9.17) is 0 Å². The Labute approximate surface area is 145 Å². The van der Waals surface area contributed by atoms with Crippen molar-refractivity contribution < 1.29 is 4.79 Å². The summed E-state index contributed by atoms with van der Waals surface area (Å²) in [7, 11) is 0. The van der Waals surface area contributed by atoms with E-state index in [0.717, 1.165) is 31.7 Å². The Hall–Kier alpha value is -2.71. The first-order valence-corrected chi connectivity index (χ1v) is 8.73. The summed E-state index contributed by atoms with van der Waals surface area (Å²) in [6, 6.07) is 26.3. The quantitative estimate of drug-likeness (QED) is 0.415. The molecular weight excluding hydrogens is 312 g/mol. The second-order valence-electron chi connectivity index (χ2n) is 5.89. The third-order valence-electron chi connectivity index (χ3n) is 4.18. The molecule has 2 heteroatoms. The standard InChI is InChI=1S/C22H16OS/c1-15-10-12-16(13-11-15)18-7-3-4-8-19(18)22(23)21-14-17-6-2-5-9-20(17)24-21/h2-14H,1H3. The number of fused-ring (bicyclic) bond motifs is 1. The molecule has 1 heterocycles. The maximum absolute atomic E-state index is 13.1. The van der Waals surface area contributed by atoms with Gasteiger partial charge >= 0.3 is 0 Å². The molecule has 0 aliphatic carbocycles. The Balaban J connectivity index is 1.81. The average molecular weight is 328 g/mol. The number of ketones is 1. The summed E-state index contributed by atoms with van der Waals surface area (Å²) in [6.07, 6.45) is 0. The van der Waals surface area contributed by atoms with Crippen molar-refractivity contribution in [1.29, 1.82) is 0 Å². The van der Waals surface area contributed by atoms with Crippen molar-refractivity contribution in [3.05, 3.63) is 94.9 Å². The SMILES string of the molecule is Cc1ccc(-c2ccccc2C(=O)c2cc3ccccc3s2)cc1. The average Bonchev–Trinajstić information content (AvgIpc) is 3.06. The minimum Gasteiger partial charge on any atom is -0.288 e. The minimum absolute atomic E-state index is 0.0902. The van der Waals surface area contributed by atoms with Crippen LogP contribution in [0, 0.1) is 6.92 Å². The molecule has 0 aliphatic rings. The number of carbonyl (C=O) groups excluding carboxylic acids is 1. The van der Waals surface area contributed by atoms with E-state index >= 15 is 0 Å². The van der Waals surface area contributed by atoms with Gasteiger partial charge in [0.2, 0.25) is 5.78 Å². The molecule has 24 heavy (non-hydrogen) atoms. The number of thiophene rings is 1. The summed E-state index contributed by atoms with van der Waals surface area (Å²) in [6.45, 7) is 2.07. The smallest absolute Gasteiger partial charge is 0.203 e. The Kier molecular flexibility index (Phi) is 3.75. The highest BCUT2D eigenvalue weighted by Gasteiger charge is 2.16. The van der Waals surface area contributed by atoms with Gasteiger partial charge in [-0.15, -0.1) is 11.3 Å². The van der Waals surface area contributed by atoms with Crippen LogP contribution in [0.3, 0.4) is 0 Å². The van der Waals surface area contributed by atoms with Crippen LogP contribution in [-0.4, -0.2) is 5.78 Å². The molecule has 0 unspecified atom stereocenters. The third kappa shape index (κ3) is 2.66. The third-order valence-corrected chi connectivity index (χ3v) is 5.30. The first-order chi connectivity index (χ1) is 11.7. The number of hydrogen-bond acceptors (Lipinski definition) is 2. The molecule has 116 valence electrons. The van der Waals surface area contributed by atoms with Gasteiger partial charge in [0, 0.05) is 10.3 Å². The van der Waals surface area contributed by atoms with Crippen LogP contribution in [-0.2, 0) is 0 Å². The van der Waals surface area contributed by atoms with Crippen LogP contribution < -0.4 is 0 Å². The van der Waals surface area contributed by atoms with Crippen LogP contribution in [0.4, 0.5) is 0 Å². The highest BCUT2D eigenvalue weighted by atomic mass is 32.1. The van der Waals surface area contributed by atoms with Crippen LogP contribution in [0.15, 0.2) is 78.9 Å². The molecule has 0 fully saturated rings. The number of rotatable bonds is 3. The molecule has 0 saturated carbocycles. The van der Waals surface area contributed by atoms with E-state index < -0.39 is 0 Å². The van der Waals surface area contributed by atoms with Crippen LogP contribution in [0.5, 0.6) is 0 Å². The summed E-state index contributed by atoms with van der Waals surface area (Å²) in [5.41, 5.74) is 4.03. The Morgan fingerprint density at radius 3 is 2.33 bits per heavy atom. The van der Waals surface area contributed by atoms with E-state index in [-0.39, 0.29) is 5.78 Å². The van der Waals surface area contributed by atoms with Crippen molar-refractivity contribution in [2.45, 2.75) is 6.92 Å². The van der Waals surface area contributed by atoms with E-state index in [1.165, 1.54) is 5.56 Å². The fraction of sp³-hybridized carbons (Fsp3) is 0.0455. The van der Waals surface area contributed by atoms with Gasteiger partial charge in [-0.2, -0.15) is 0 Å². The zero-order chi connectivity index (χ0) is 16.5. The fourth-order valence-corrected chi connectivity index (χ4v) is 3.91. The second-order valence-corrected chi connectivity index (χ2v) is 6.97. The molecule has 0 radical (unpaired) electrons. The molecule has 4 rings (SSSR count). The van der Waals surface area contributed by atoms with Crippen LogP contribution >= 0.6 is 11.3 Å². The molecule has 0 aliphatic heterocycles. The molecule has 1 aromatic heterocycles. The monoisotopic (exact) mass is 328 g/mol. The molecule has 0 N–H and O–H groups in total. The molecule has 0 bridgehead atoms. The minimum atomic E-state index is 0.0902. The van der Waals surface area contributed by atoms with Gasteiger partial charge in [-0.3, -0.25) is 4.79 Å². The van der Waals surface area contributed by atoms with Gasteiger partial charge in [-0.1, -0.05) is 72.3 Å². The molecule has 0 atom stereocenters.